The number of nitrogens with zero attached hydrogens (tertiary/aromatic N) is 1. The van der Waals surface area contributed by atoms with Crippen LogP contribution in [0.3, 0.4) is 0 Å². The molecule has 0 aliphatic carbocycles. The number of benzene rings is 2. The van der Waals surface area contributed by atoms with E-state index in [1.807, 2.05) is 24.3 Å². The Morgan fingerprint density at radius 3 is 2.21 bits per heavy atom. The molecule has 0 bridgehead atoms. The van der Waals surface area contributed by atoms with Crippen molar-refractivity contribution in [2.45, 2.75) is 32.2 Å². The number of piperidine rings is 1. The normalized spacial score (nSPS) is 16.1. The van der Waals surface area contributed by atoms with Crippen LogP contribution in [0.25, 0.3) is 0 Å². The van der Waals surface area contributed by atoms with Crippen LogP contribution in [0.15, 0.2) is 48.5 Å². The highest BCUT2D eigenvalue weighted by atomic mass is 16.5. The average molecular weight is 319 g/mol. The van der Waals surface area contributed by atoms with Crippen LogP contribution in [-0.4, -0.2) is 25.1 Å². The number of rotatable bonds is 3. The van der Waals surface area contributed by atoms with E-state index in [2.05, 4.69) is 47.9 Å². The van der Waals surface area contributed by atoms with E-state index < -0.39 is 0 Å². The predicted molar refractivity (Wildman–Crippen MR) is 99.2 cm³/mol. The quantitative estimate of drug-likeness (QED) is 0.768. The van der Waals surface area contributed by atoms with Crippen LogP contribution in [-0.2, 0) is 0 Å². The van der Waals surface area contributed by atoms with Crippen molar-refractivity contribution in [3.8, 4) is 17.6 Å². The molecule has 3 rings (SSSR count). The zero-order valence-corrected chi connectivity index (χ0v) is 14.6. The number of hydrogen-bond acceptors (Lipinski definition) is 2. The molecule has 1 fully saturated rings. The van der Waals surface area contributed by atoms with Crippen molar-refractivity contribution in [1.82, 2.24) is 4.90 Å². The van der Waals surface area contributed by atoms with Gasteiger partial charge in [-0.25, -0.2) is 0 Å². The maximum atomic E-state index is 5.21. The summed E-state index contributed by atoms with van der Waals surface area (Å²) in [6, 6.07) is 16.9. The van der Waals surface area contributed by atoms with Crippen molar-refractivity contribution >= 4 is 0 Å². The van der Waals surface area contributed by atoms with Crippen molar-refractivity contribution in [2.75, 3.05) is 20.2 Å². The van der Waals surface area contributed by atoms with E-state index in [1.165, 1.54) is 30.4 Å². The van der Waals surface area contributed by atoms with E-state index in [1.54, 1.807) is 7.11 Å². The summed E-state index contributed by atoms with van der Waals surface area (Å²) < 4.78 is 5.21. The Hall–Kier alpha value is -2.24. The van der Waals surface area contributed by atoms with E-state index >= 15 is 0 Å². The van der Waals surface area contributed by atoms with Crippen LogP contribution >= 0.6 is 0 Å². The zero-order chi connectivity index (χ0) is 16.8. The first-order valence-electron chi connectivity index (χ1n) is 8.72. The molecule has 24 heavy (non-hydrogen) atoms. The van der Waals surface area contributed by atoms with E-state index in [0.717, 1.165) is 24.4 Å². The van der Waals surface area contributed by atoms with Gasteiger partial charge in [0.1, 0.15) is 5.75 Å². The second-order valence-electron chi connectivity index (χ2n) is 6.41. The highest BCUT2D eigenvalue weighted by Crippen LogP contribution is 2.24. The monoisotopic (exact) mass is 319 g/mol. The summed E-state index contributed by atoms with van der Waals surface area (Å²) in [5, 5.41) is 0. The molecule has 0 amide bonds. The topological polar surface area (TPSA) is 12.5 Å². The molecule has 2 aromatic carbocycles. The summed E-state index contributed by atoms with van der Waals surface area (Å²) in [6.45, 7) is 4.40. The number of hydrogen-bond donors (Lipinski definition) is 0. The van der Waals surface area contributed by atoms with Gasteiger partial charge in [0, 0.05) is 5.56 Å². The van der Waals surface area contributed by atoms with Crippen molar-refractivity contribution in [1.29, 1.82) is 0 Å². The molecule has 0 radical (unpaired) electrons. The van der Waals surface area contributed by atoms with Gasteiger partial charge < -0.3 is 4.74 Å². The fourth-order valence-electron chi connectivity index (χ4n) is 3.14. The van der Waals surface area contributed by atoms with E-state index in [4.69, 9.17) is 4.74 Å². The van der Waals surface area contributed by atoms with Crippen LogP contribution in [0.2, 0.25) is 0 Å². The lowest BCUT2D eigenvalue weighted by atomic mass is 10.0. The minimum atomic E-state index is 0.174. The number of aryl methyl sites for hydroxylation is 1. The molecule has 1 aliphatic heterocycles. The fourth-order valence-corrected chi connectivity index (χ4v) is 3.14. The van der Waals surface area contributed by atoms with Crippen molar-refractivity contribution in [3.63, 3.8) is 0 Å². The van der Waals surface area contributed by atoms with Gasteiger partial charge in [-0.05, 0) is 62.7 Å². The van der Waals surface area contributed by atoms with Crippen molar-refractivity contribution in [2.24, 2.45) is 0 Å². The average Bonchev–Trinajstić information content (AvgIpc) is 2.65. The molecular weight excluding hydrogens is 294 g/mol. The summed E-state index contributed by atoms with van der Waals surface area (Å²) in [6.07, 6.45) is 3.88. The molecule has 0 spiro atoms. The van der Waals surface area contributed by atoms with E-state index in [-0.39, 0.29) is 6.04 Å². The van der Waals surface area contributed by atoms with Gasteiger partial charge in [-0.1, -0.05) is 48.1 Å². The molecule has 1 unspecified atom stereocenters. The molecule has 0 aromatic heterocycles. The largest absolute Gasteiger partial charge is 0.497 e. The summed E-state index contributed by atoms with van der Waals surface area (Å²) in [4.78, 5) is 2.52. The first-order chi connectivity index (χ1) is 11.8. The molecule has 124 valence electrons. The molecule has 1 heterocycles. The van der Waals surface area contributed by atoms with Crippen molar-refractivity contribution < 1.29 is 4.74 Å². The second kappa shape index (κ2) is 8.04. The van der Waals surface area contributed by atoms with Gasteiger partial charge >= 0.3 is 0 Å². The highest BCUT2D eigenvalue weighted by molar-refractivity contribution is 5.41. The summed E-state index contributed by atoms with van der Waals surface area (Å²) >= 11 is 0. The van der Waals surface area contributed by atoms with Gasteiger partial charge in [0.15, 0.2) is 0 Å². The minimum absolute atomic E-state index is 0.174. The van der Waals surface area contributed by atoms with Gasteiger partial charge in [0.05, 0.1) is 13.2 Å². The Morgan fingerprint density at radius 1 is 0.917 bits per heavy atom. The SMILES string of the molecule is COc1ccc(C#CC(c2ccc(C)cc2)N2CCCCC2)cc1. The number of ether oxygens (including phenoxy) is 1. The molecule has 0 N–H and O–H groups in total. The van der Waals surface area contributed by atoms with Crippen LogP contribution in [0.5, 0.6) is 5.75 Å². The second-order valence-corrected chi connectivity index (χ2v) is 6.41. The molecule has 1 aliphatic rings. The number of methoxy groups -OCH3 is 1. The number of likely N-dealkylation sites (tertiary alicyclic amines) is 1. The summed E-state index contributed by atoms with van der Waals surface area (Å²) in [5.74, 6) is 7.74. The Bertz CT molecular complexity index is 700. The van der Waals surface area contributed by atoms with Gasteiger partial charge in [-0.15, -0.1) is 0 Å². The lowest BCUT2D eigenvalue weighted by molar-refractivity contribution is 0.197. The Labute approximate surface area is 145 Å². The highest BCUT2D eigenvalue weighted by Gasteiger charge is 2.20. The first kappa shape index (κ1) is 16.6. The minimum Gasteiger partial charge on any atom is -0.497 e. The molecule has 2 nitrogen and oxygen atoms in total. The predicted octanol–water partition coefficient (Wildman–Crippen LogP) is 4.58. The first-order valence-corrected chi connectivity index (χ1v) is 8.72. The van der Waals surface area contributed by atoms with Crippen LogP contribution in [0, 0.1) is 18.8 Å². The Morgan fingerprint density at radius 2 is 1.58 bits per heavy atom. The lowest BCUT2D eigenvalue weighted by Gasteiger charge is -2.31. The van der Waals surface area contributed by atoms with E-state index in [0.29, 0.717) is 0 Å². The molecule has 2 heteroatoms. The molecule has 1 atom stereocenters. The molecule has 2 aromatic rings. The van der Waals surface area contributed by atoms with Crippen molar-refractivity contribution in [3.05, 3.63) is 65.2 Å². The Balaban J connectivity index is 1.86. The van der Waals surface area contributed by atoms with Gasteiger partial charge in [0.25, 0.3) is 0 Å². The fraction of sp³-hybridized carbons (Fsp3) is 0.364. The van der Waals surface area contributed by atoms with Gasteiger partial charge in [-0.3, -0.25) is 4.90 Å². The Kier molecular flexibility index (Phi) is 5.56. The standard InChI is InChI=1S/C22H25NO/c1-18-6-11-20(12-7-18)22(23-16-4-3-5-17-23)15-10-19-8-13-21(24-2)14-9-19/h6-9,11-14,22H,3-5,16-17H2,1-2H3. The summed E-state index contributed by atoms with van der Waals surface area (Å²) in [5.41, 5.74) is 3.62. The summed E-state index contributed by atoms with van der Waals surface area (Å²) in [7, 11) is 1.68. The zero-order valence-electron chi connectivity index (χ0n) is 14.6. The third-order valence-electron chi connectivity index (χ3n) is 4.59. The van der Waals surface area contributed by atoms with Crippen LogP contribution in [0.4, 0.5) is 0 Å². The lowest BCUT2D eigenvalue weighted by Crippen LogP contribution is -2.33. The maximum Gasteiger partial charge on any atom is 0.118 e. The third kappa shape index (κ3) is 4.19. The van der Waals surface area contributed by atoms with Gasteiger partial charge in [0.2, 0.25) is 0 Å². The molecule has 1 saturated heterocycles. The van der Waals surface area contributed by atoms with E-state index in [9.17, 15) is 0 Å². The van der Waals surface area contributed by atoms with Crippen LogP contribution in [0.1, 0.15) is 42.0 Å². The van der Waals surface area contributed by atoms with Gasteiger partial charge in [-0.2, -0.15) is 0 Å². The molecular formula is C22H25NO. The third-order valence-corrected chi connectivity index (χ3v) is 4.59. The molecule has 0 saturated carbocycles. The van der Waals surface area contributed by atoms with Crippen LogP contribution < -0.4 is 4.74 Å². The maximum absolute atomic E-state index is 5.21. The smallest absolute Gasteiger partial charge is 0.118 e.